The summed E-state index contributed by atoms with van der Waals surface area (Å²) >= 11 is 0. The van der Waals surface area contributed by atoms with Crippen molar-refractivity contribution in [2.24, 2.45) is 17.1 Å². The highest BCUT2D eigenvalue weighted by Gasteiger charge is 2.56. The topological polar surface area (TPSA) is 111 Å². The summed E-state index contributed by atoms with van der Waals surface area (Å²) in [4.78, 5) is 41.1. The van der Waals surface area contributed by atoms with E-state index in [1.54, 1.807) is 18.7 Å². The van der Waals surface area contributed by atoms with Crippen LogP contribution >= 0.6 is 12.4 Å². The van der Waals surface area contributed by atoms with Gasteiger partial charge in [-0.15, -0.1) is 12.4 Å². The summed E-state index contributed by atoms with van der Waals surface area (Å²) in [6.07, 6.45) is 1.15. The molecule has 37 heavy (non-hydrogen) atoms. The quantitative estimate of drug-likeness (QED) is 0.483. The van der Waals surface area contributed by atoms with Crippen molar-refractivity contribution in [2.75, 3.05) is 26.3 Å². The number of halogens is 1. The van der Waals surface area contributed by atoms with E-state index in [4.69, 9.17) is 15.2 Å². The van der Waals surface area contributed by atoms with E-state index in [2.05, 4.69) is 5.32 Å². The lowest BCUT2D eigenvalue weighted by molar-refractivity contribution is -0.152. The van der Waals surface area contributed by atoms with Crippen LogP contribution in [-0.2, 0) is 36.9 Å². The third-order valence-corrected chi connectivity index (χ3v) is 7.08. The summed E-state index contributed by atoms with van der Waals surface area (Å²) in [6, 6.07) is 18.5. The van der Waals surface area contributed by atoms with Crippen molar-refractivity contribution in [1.82, 2.24) is 10.2 Å². The van der Waals surface area contributed by atoms with Crippen LogP contribution < -0.4 is 11.1 Å². The molecule has 2 fully saturated rings. The first-order valence-corrected chi connectivity index (χ1v) is 12.4. The fourth-order valence-corrected chi connectivity index (χ4v) is 4.96. The number of likely N-dealkylation sites (tertiary alicyclic amines) is 1. The molecule has 2 aromatic carbocycles. The molecule has 0 saturated carbocycles. The first-order chi connectivity index (χ1) is 17.2. The molecule has 2 amide bonds. The number of rotatable bonds is 9. The van der Waals surface area contributed by atoms with Crippen LogP contribution in [0.15, 0.2) is 60.7 Å². The van der Waals surface area contributed by atoms with Gasteiger partial charge in [0, 0.05) is 19.0 Å². The number of amides is 2. The van der Waals surface area contributed by atoms with Gasteiger partial charge in [0.2, 0.25) is 11.8 Å². The highest BCUT2D eigenvalue weighted by atomic mass is 35.5. The largest absolute Gasteiger partial charge is 0.465 e. The number of esters is 1. The first-order valence-electron chi connectivity index (χ1n) is 12.4. The fourth-order valence-electron chi connectivity index (χ4n) is 4.96. The van der Waals surface area contributed by atoms with E-state index >= 15 is 0 Å². The molecule has 8 nitrogen and oxygen atoms in total. The molecule has 0 aromatic heterocycles. The van der Waals surface area contributed by atoms with Crippen LogP contribution in [0.25, 0.3) is 0 Å². The third kappa shape index (κ3) is 6.69. The number of carbonyl (C=O) groups excluding carboxylic acids is 3. The summed E-state index contributed by atoms with van der Waals surface area (Å²) in [5.74, 6) is -0.956. The molecule has 0 aliphatic carbocycles. The Bertz CT molecular complexity index is 1080. The first kappa shape index (κ1) is 28.6. The van der Waals surface area contributed by atoms with E-state index < -0.39 is 22.9 Å². The van der Waals surface area contributed by atoms with Crippen LogP contribution in [-0.4, -0.2) is 60.6 Å². The average Bonchev–Trinajstić information content (AvgIpc) is 3.18. The number of carbonyl (C=O) groups is 3. The normalized spacial score (nSPS) is 21.9. The predicted octanol–water partition coefficient (Wildman–Crippen LogP) is 2.48. The summed E-state index contributed by atoms with van der Waals surface area (Å²) in [5.41, 5.74) is 6.01. The lowest BCUT2D eigenvalue weighted by Gasteiger charge is -2.42. The van der Waals surface area contributed by atoms with Crippen LogP contribution in [0, 0.1) is 11.3 Å². The molecule has 2 heterocycles. The van der Waals surface area contributed by atoms with Crippen LogP contribution in [0.3, 0.4) is 0 Å². The molecular weight excluding hydrogens is 494 g/mol. The molecular formula is C28H36ClN3O5. The smallest absolute Gasteiger partial charge is 0.314 e. The Morgan fingerprint density at radius 3 is 2.38 bits per heavy atom. The predicted molar refractivity (Wildman–Crippen MR) is 142 cm³/mol. The van der Waals surface area contributed by atoms with E-state index in [0.717, 1.165) is 11.1 Å². The Kier molecular flexibility index (Phi) is 9.34. The van der Waals surface area contributed by atoms with E-state index in [1.807, 2.05) is 60.7 Å². The zero-order valence-corrected chi connectivity index (χ0v) is 22.2. The fraction of sp³-hybridized carbons (Fsp3) is 0.464. The number of nitrogens with one attached hydrogen (secondary N) is 1. The Labute approximate surface area is 224 Å². The molecule has 0 radical (unpaired) electrons. The maximum atomic E-state index is 13.7. The summed E-state index contributed by atoms with van der Waals surface area (Å²) in [5, 5.41) is 2.78. The lowest BCUT2D eigenvalue weighted by Crippen LogP contribution is -2.61. The summed E-state index contributed by atoms with van der Waals surface area (Å²) in [7, 11) is 0. The van der Waals surface area contributed by atoms with Crippen molar-refractivity contribution in [3.05, 3.63) is 71.8 Å². The SMILES string of the molecule is CC(C)(N)C(=O)N[C@H](COCc1ccccc1)C(=O)N1CCC2COC(=O)C2(Cc2ccccc2)C1.Cl. The Hall–Kier alpha value is -2.94. The molecule has 2 aromatic rings. The van der Waals surface area contributed by atoms with Gasteiger partial charge in [-0.05, 0) is 37.8 Å². The second kappa shape index (κ2) is 12.1. The second-order valence-corrected chi connectivity index (χ2v) is 10.4. The van der Waals surface area contributed by atoms with Crippen LogP contribution in [0.1, 0.15) is 31.4 Å². The van der Waals surface area contributed by atoms with Crippen LogP contribution in [0.4, 0.5) is 0 Å². The molecule has 0 spiro atoms. The monoisotopic (exact) mass is 529 g/mol. The minimum Gasteiger partial charge on any atom is -0.465 e. The number of hydrogen-bond donors (Lipinski definition) is 2. The van der Waals surface area contributed by atoms with Gasteiger partial charge in [-0.25, -0.2) is 0 Å². The Morgan fingerprint density at radius 2 is 1.76 bits per heavy atom. The Morgan fingerprint density at radius 1 is 1.14 bits per heavy atom. The molecule has 9 heteroatoms. The summed E-state index contributed by atoms with van der Waals surface area (Å²) in [6.45, 7) is 4.56. The Balaban J connectivity index is 0.00000380. The van der Waals surface area contributed by atoms with E-state index in [-0.39, 0.29) is 43.4 Å². The number of nitrogens with zero attached hydrogens (tertiary/aromatic N) is 1. The standard InChI is InChI=1S/C28H35N3O5.ClH/c1-27(2,29)25(33)30-23(18-35-16-21-11-7-4-8-12-21)24(32)31-14-13-22-17-36-26(34)28(22,19-31)15-20-9-5-3-6-10-20;/h3-12,22-23H,13-19,29H2,1-2H3,(H,30,33);1H/t22?,23-,28?;/m1./s1. The maximum absolute atomic E-state index is 13.7. The van der Waals surface area contributed by atoms with Crippen LogP contribution in [0.2, 0.25) is 0 Å². The zero-order valence-electron chi connectivity index (χ0n) is 21.4. The number of ether oxygens (including phenoxy) is 2. The molecule has 200 valence electrons. The van der Waals surface area contributed by atoms with E-state index in [1.165, 1.54) is 0 Å². The molecule has 2 saturated heterocycles. The third-order valence-electron chi connectivity index (χ3n) is 7.08. The highest BCUT2D eigenvalue weighted by molar-refractivity contribution is 5.92. The number of fused-ring (bicyclic) bond motifs is 1. The minimum absolute atomic E-state index is 0. The molecule has 2 unspecified atom stereocenters. The number of cyclic esters (lactones) is 1. The van der Waals surface area contributed by atoms with Gasteiger partial charge in [-0.1, -0.05) is 60.7 Å². The minimum atomic E-state index is -1.16. The molecule has 2 aliphatic heterocycles. The summed E-state index contributed by atoms with van der Waals surface area (Å²) < 4.78 is 11.3. The highest BCUT2D eigenvalue weighted by Crippen LogP contribution is 2.44. The molecule has 3 atom stereocenters. The van der Waals surface area contributed by atoms with Gasteiger partial charge in [0.05, 0.1) is 30.8 Å². The number of piperidine rings is 1. The van der Waals surface area contributed by atoms with Crippen LogP contribution in [0.5, 0.6) is 0 Å². The van der Waals surface area contributed by atoms with Gasteiger partial charge in [0.15, 0.2) is 0 Å². The van der Waals surface area contributed by atoms with Crippen molar-refractivity contribution in [1.29, 1.82) is 0 Å². The number of hydrogen-bond acceptors (Lipinski definition) is 6. The van der Waals surface area contributed by atoms with Crippen molar-refractivity contribution >= 4 is 30.2 Å². The maximum Gasteiger partial charge on any atom is 0.314 e. The van der Waals surface area contributed by atoms with Gasteiger partial charge in [-0.3, -0.25) is 14.4 Å². The van der Waals surface area contributed by atoms with Crippen molar-refractivity contribution in [3.8, 4) is 0 Å². The molecule has 4 rings (SSSR count). The second-order valence-electron chi connectivity index (χ2n) is 10.4. The van der Waals surface area contributed by atoms with Crippen molar-refractivity contribution < 1.29 is 23.9 Å². The van der Waals surface area contributed by atoms with E-state index in [0.29, 0.717) is 32.6 Å². The number of nitrogens with two attached hydrogens (primary N) is 1. The van der Waals surface area contributed by atoms with Gasteiger partial charge < -0.3 is 25.4 Å². The van der Waals surface area contributed by atoms with Gasteiger partial charge >= 0.3 is 5.97 Å². The molecule has 2 aliphatic rings. The molecule has 3 N–H and O–H groups in total. The van der Waals surface area contributed by atoms with Crippen molar-refractivity contribution in [2.45, 2.75) is 44.9 Å². The van der Waals surface area contributed by atoms with Crippen molar-refractivity contribution in [3.63, 3.8) is 0 Å². The van der Waals surface area contributed by atoms with Gasteiger partial charge in [0.1, 0.15) is 6.04 Å². The molecule has 0 bridgehead atoms. The van der Waals surface area contributed by atoms with E-state index in [9.17, 15) is 14.4 Å². The lowest BCUT2D eigenvalue weighted by atomic mass is 9.69. The van der Waals surface area contributed by atoms with Gasteiger partial charge in [-0.2, -0.15) is 0 Å². The number of benzene rings is 2. The van der Waals surface area contributed by atoms with Gasteiger partial charge in [0.25, 0.3) is 0 Å². The zero-order chi connectivity index (χ0) is 25.8. The average molecular weight is 530 g/mol.